The van der Waals surface area contributed by atoms with Gasteiger partial charge in [-0.2, -0.15) is 9.89 Å². The highest BCUT2D eigenvalue weighted by molar-refractivity contribution is 5.81. The zero-order valence-electron chi connectivity index (χ0n) is 7.49. The smallest absolute Gasteiger partial charge is 0.0938 e. The van der Waals surface area contributed by atoms with Crippen molar-refractivity contribution in [2.75, 3.05) is 17.7 Å². The molecule has 0 spiro atoms. The highest BCUT2D eigenvalue weighted by Gasteiger charge is 2.00. The van der Waals surface area contributed by atoms with E-state index in [4.69, 9.17) is 5.73 Å². The minimum atomic E-state index is 0.757. The summed E-state index contributed by atoms with van der Waals surface area (Å²) >= 11 is 0. The molecule has 0 saturated heterocycles. The molecule has 0 amide bonds. The van der Waals surface area contributed by atoms with Crippen LogP contribution in [0.15, 0.2) is 24.4 Å². The van der Waals surface area contributed by atoms with E-state index in [0.29, 0.717) is 0 Å². The van der Waals surface area contributed by atoms with E-state index in [9.17, 15) is 0 Å². The Bertz CT molecular complexity index is 418. The van der Waals surface area contributed by atoms with Crippen molar-refractivity contribution in [3.05, 3.63) is 24.4 Å². The summed E-state index contributed by atoms with van der Waals surface area (Å²) in [5, 5.41) is 5.27. The molecule has 3 N–H and O–H groups in total. The van der Waals surface area contributed by atoms with Gasteiger partial charge in [-0.1, -0.05) is 0 Å². The van der Waals surface area contributed by atoms with E-state index in [2.05, 4.69) is 10.5 Å². The maximum Gasteiger partial charge on any atom is 0.0938 e. The maximum atomic E-state index is 5.68. The third-order valence-electron chi connectivity index (χ3n) is 1.90. The van der Waals surface area contributed by atoms with Gasteiger partial charge in [-0.15, -0.1) is 0 Å². The summed E-state index contributed by atoms with van der Waals surface area (Å²) in [6.07, 6.45) is 1.82. The zero-order chi connectivity index (χ0) is 9.26. The van der Waals surface area contributed by atoms with Gasteiger partial charge < -0.3 is 11.2 Å². The van der Waals surface area contributed by atoms with Crippen LogP contribution >= 0.6 is 0 Å². The normalized spacial score (nSPS) is 10.5. The number of nitrogens with one attached hydrogen (secondary N) is 1. The van der Waals surface area contributed by atoms with E-state index < -0.39 is 0 Å². The van der Waals surface area contributed by atoms with Crippen molar-refractivity contribution < 1.29 is 0 Å². The molecule has 1 aromatic heterocycles. The van der Waals surface area contributed by atoms with Crippen LogP contribution in [-0.4, -0.2) is 16.4 Å². The monoisotopic (exact) mass is 176 g/mol. The number of aromatic nitrogens is 2. The van der Waals surface area contributed by atoms with Crippen LogP contribution in [0.1, 0.15) is 6.92 Å². The number of anilines is 1. The van der Waals surface area contributed by atoms with E-state index >= 15 is 0 Å². The summed E-state index contributed by atoms with van der Waals surface area (Å²) in [6.45, 7) is 2.87. The average Bonchev–Trinajstić information content (AvgIpc) is 2.49. The lowest BCUT2D eigenvalue weighted by Gasteiger charge is -2.03. The highest BCUT2D eigenvalue weighted by Crippen LogP contribution is 2.15. The molecule has 0 aliphatic heterocycles. The fourth-order valence-corrected chi connectivity index (χ4v) is 1.31. The number of hydrogen-bond acceptors (Lipinski definition) is 3. The standard InChI is InChI=1S/C9H12N4/c1-2-11-13-9-5-8(10)4-3-7(9)6-12-13/h3-6,11H,2,10H2,1H3. The average molecular weight is 176 g/mol. The summed E-state index contributed by atoms with van der Waals surface area (Å²) in [5.41, 5.74) is 10.6. The van der Waals surface area contributed by atoms with Gasteiger partial charge in [0, 0.05) is 17.6 Å². The van der Waals surface area contributed by atoms with Gasteiger partial charge in [0.25, 0.3) is 0 Å². The fourth-order valence-electron chi connectivity index (χ4n) is 1.31. The summed E-state index contributed by atoms with van der Waals surface area (Å²) < 4.78 is 0. The van der Waals surface area contributed by atoms with Gasteiger partial charge in [-0.05, 0) is 25.1 Å². The topological polar surface area (TPSA) is 55.9 Å². The first-order valence-corrected chi connectivity index (χ1v) is 4.28. The first-order valence-electron chi connectivity index (χ1n) is 4.28. The number of rotatable bonds is 2. The van der Waals surface area contributed by atoms with Gasteiger partial charge in [0.05, 0.1) is 11.7 Å². The maximum absolute atomic E-state index is 5.68. The summed E-state index contributed by atoms with van der Waals surface area (Å²) in [5.74, 6) is 0. The van der Waals surface area contributed by atoms with Crippen LogP contribution in [0.25, 0.3) is 10.9 Å². The number of fused-ring (bicyclic) bond motifs is 1. The van der Waals surface area contributed by atoms with Crippen molar-refractivity contribution >= 4 is 16.6 Å². The first-order chi connectivity index (χ1) is 6.31. The van der Waals surface area contributed by atoms with Gasteiger partial charge in [-0.3, -0.25) is 0 Å². The van der Waals surface area contributed by atoms with Crippen molar-refractivity contribution in [2.45, 2.75) is 6.92 Å². The Morgan fingerprint density at radius 1 is 1.54 bits per heavy atom. The number of hydrogen-bond donors (Lipinski definition) is 2. The molecular weight excluding hydrogens is 164 g/mol. The Kier molecular flexibility index (Phi) is 1.81. The Morgan fingerprint density at radius 2 is 2.38 bits per heavy atom. The second-order valence-corrected chi connectivity index (χ2v) is 2.89. The van der Waals surface area contributed by atoms with Crippen LogP contribution in [0.3, 0.4) is 0 Å². The van der Waals surface area contributed by atoms with Crippen molar-refractivity contribution in [3.8, 4) is 0 Å². The Hall–Kier alpha value is -1.71. The number of nitrogen functional groups attached to an aromatic ring is 1. The lowest BCUT2D eigenvalue weighted by atomic mass is 10.2. The van der Waals surface area contributed by atoms with Crippen LogP contribution in [0.4, 0.5) is 5.69 Å². The minimum Gasteiger partial charge on any atom is -0.399 e. The minimum absolute atomic E-state index is 0.757. The van der Waals surface area contributed by atoms with Crippen LogP contribution in [0.5, 0.6) is 0 Å². The molecule has 0 aliphatic carbocycles. The summed E-state index contributed by atoms with van der Waals surface area (Å²) in [6, 6.07) is 5.75. The van der Waals surface area contributed by atoms with E-state index in [1.165, 1.54) is 0 Å². The highest BCUT2D eigenvalue weighted by atomic mass is 15.5. The summed E-state index contributed by atoms with van der Waals surface area (Å²) in [7, 11) is 0. The number of nitrogens with zero attached hydrogens (tertiary/aromatic N) is 2. The molecule has 1 heterocycles. The second-order valence-electron chi connectivity index (χ2n) is 2.89. The molecule has 2 rings (SSSR count). The molecule has 4 nitrogen and oxygen atoms in total. The van der Waals surface area contributed by atoms with Crippen molar-refractivity contribution in [1.29, 1.82) is 0 Å². The molecule has 0 fully saturated rings. The molecule has 2 aromatic rings. The van der Waals surface area contributed by atoms with Gasteiger partial charge >= 0.3 is 0 Å². The molecule has 13 heavy (non-hydrogen) atoms. The van der Waals surface area contributed by atoms with E-state index in [-0.39, 0.29) is 0 Å². The molecule has 4 heteroatoms. The largest absolute Gasteiger partial charge is 0.399 e. The van der Waals surface area contributed by atoms with Gasteiger partial charge in [0.1, 0.15) is 0 Å². The van der Waals surface area contributed by atoms with Crippen LogP contribution in [0.2, 0.25) is 0 Å². The predicted octanol–water partition coefficient (Wildman–Crippen LogP) is 1.18. The van der Waals surface area contributed by atoms with E-state index in [0.717, 1.165) is 23.1 Å². The van der Waals surface area contributed by atoms with Gasteiger partial charge in [-0.25, -0.2) is 0 Å². The number of benzene rings is 1. The van der Waals surface area contributed by atoms with Gasteiger partial charge in [0.2, 0.25) is 0 Å². The summed E-state index contributed by atoms with van der Waals surface area (Å²) in [4.78, 5) is 1.74. The Balaban J connectivity index is 2.58. The van der Waals surface area contributed by atoms with Crippen molar-refractivity contribution in [1.82, 2.24) is 9.89 Å². The lowest BCUT2D eigenvalue weighted by molar-refractivity contribution is 0.772. The van der Waals surface area contributed by atoms with Crippen LogP contribution in [-0.2, 0) is 0 Å². The third kappa shape index (κ3) is 1.30. The van der Waals surface area contributed by atoms with Crippen molar-refractivity contribution in [3.63, 3.8) is 0 Å². The molecule has 0 unspecified atom stereocenters. The van der Waals surface area contributed by atoms with Crippen LogP contribution in [0, 0.1) is 0 Å². The zero-order valence-corrected chi connectivity index (χ0v) is 7.49. The SMILES string of the molecule is CCNn1ncc2ccc(N)cc21. The second kappa shape index (κ2) is 2.97. The third-order valence-corrected chi connectivity index (χ3v) is 1.90. The van der Waals surface area contributed by atoms with Crippen LogP contribution < -0.4 is 11.2 Å². The molecule has 1 aromatic carbocycles. The van der Waals surface area contributed by atoms with Gasteiger partial charge in [0.15, 0.2) is 0 Å². The molecular formula is C9H12N4. The number of nitrogens with two attached hydrogens (primary N) is 1. The Morgan fingerprint density at radius 3 is 3.15 bits per heavy atom. The van der Waals surface area contributed by atoms with E-state index in [1.54, 1.807) is 4.79 Å². The predicted molar refractivity (Wildman–Crippen MR) is 54.0 cm³/mol. The molecule has 0 radical (unpaired) electrons. The molecule has 0 saturated carbocycles. The Labute approximate surface area is 76.3 Å². The lowest BCUT2D eigenvalue weighted by Crippen LogP contribution is -2.14. The molecule has 0 bridgehead atoms. The molecule has 0 aliphatic rings. The van der Waals surface area contributed by atoms with E-state index in [1.807, 2.05) is 31.3 Å². The quantitative estimate of drug-likeness (QED) is 0.675. The van der Waals surface area contributed by atoms with Crippen molar-refractivity contribution in [2.24, 2.45) is 0 Å². The fraction of sp³-hybridized carbons (Fsp3) is 0.222. The molecule has 68 valence electrons. The first kappa shape index (κ1) is 7.91. The molecule has 0 atom stereocenters.